The van der Waals surface area contributed by atoms with Crippen molar-refractivity contribution < 1.29 is 9.00 Å². The lowest BCUT2D eigenvalue weighted by Gasteiger charge is -2.25. The highest BCUT2D eigenvalue weighted by Gasteiger charge is 2.21. The summed E-state index contributed by atoms with van der Waals surface area (Å²) in [6, 6.07) is 0. The molecule has 0 N–H and O–H groups in total. The molecule has 0 bridgehead atoms. The minimum absolute atomic E-state index is 0.125. The number of carbonyl (C=O) groups is 1. The van der Waals surface area contributed by atoms with Crippen LogP contribution in [0.3, 0.4) is 0 Å². The van der Waals surface area contributed by atoms with E-state index in [1.807, 2.05) is 0 Å². The van der Waals surface area contributed by atoms with Crippen LogP contribution < -0.4 is 0 Å². The monoisotopic (exact) mass is 225 g/mol. The zero-order valence-electron chi connectivity index (χ0n) is 8.13. The summed E-state index contributed by atoms with van der Waals surface area (Å²) in [6.07, 6.45) is 4.48. The van der Waals surface area contributed by atoms with Crippen LogP contribution in [0.15, 0.2) is 18.6 Å². The van der Waals surface area contributed by atoms with Gasteiger partial charge in [-0.2, -0.15) is 0 Å². The fraction of sp³-hybridized carbons (Fsp3) is 0.444. The summed E-state index contributed by atoms with van der Waals surface area (Å²) in [7, 11) is -0.764. The molecule has 1 aromatic rings. The summed E-state index contributed by atoms with van der Waals surface area (Å²) in [5.74, 6) is 0.998. The lowest BCUT2D eigenvalue weighted by atomic mass is 10.3. The van der Waals surface area contributed by atoms with Crippen molar-refractivity contribution in [2.24, 2.45) is 0 Å². The molecule has 5 nitrogen and oxygen atoms in total. The third-order valence-electron chi connectivity index (χ3n) is 2.25. The molecule has 80 valence electrons. The van der Waals surface area contributed by atoms with E-state index in [1.54, 1.807) is 4.90 Å². The van der Waals surface area contributed by atoms with Gasteiger partial charge in [-0.1, -0.05) is 0 Å². The largest absolute Gasteiger partial charge is 0.335 e. The molecule has 6 heteroatoms. The molecule has 0 unspecified atom stereocenters. The van der Waals surface area contributed by atoms with Crippen molar-refractivity contribution in [3.63, 3.8) is 0 Å². The first-order valence-corrected chi connectivity index (χ1v) is 6.16. The summed E-state index contributed by atoms with van der Waals surface area (Å²) in [5, 5.41) is 0. The molecule has 15 heavy (non-hydrogen) atoms. The topological polar surface area (TPSA) is 63.2 Å². The molecule has 2 rings (SSSR count). The Morgan fingerprint density at radius 3 is 2.67 bits per heavy atom. The van der Waals surface area contributed by atoms with Gasteiger partial charge in [0.25, 0.3) is 5.91 Å². The van der Waals surface area contributed by atoms with E-state index in [0.29, 0.717) is 30.3 Å². The first-order valence-electron chi connectivity index (χ1n) is 4.67. The van der Waals surface area contributed by atoms with Crippen LogP contribution in [-0.2, 0) is 10.8 Å². The molecule has 1 aliphatic rings. The Hall–Kier alpha value is -1.30. The minimum Gasteiger partial charge on any atom is -0.335 e. The smallest absolute Gasteiger partial charge is 0.274 e. The number of hydrogen-bond donors (Lipinski definition) is 0. The van der Waals surface area contributed by atoms with Crippen LogP contribution in [-0.4, -0.2) is 49.6 Å². The number of nitrogens with zero attached hydrogens (tertiary/aromatic N) is 3. The average molecular weight is 225 g/mol. The SMILES string of the molecule is O=C(c1cnccn1)N1CCS(=O)CC1. The van der Waals surface area contributed by atoms with E-state index in [2.05, 4.69) is 9.97 Å². The Labute approximate surface area is 90.0 Å². The summed E-state index contributed by atoms with van der Waals surface area (Å²) in [5.41, 5.74) is 0.352. The Morgan fingerprint density at radius 2 is 2.07 bits per heavy atom. The van der Waals surface area contributed by atoms with E-state index in [4.69, 9.17) is 0 Å². The quantitative estimate of drug-likeness (QED) is 0.657. The van der Waals surface area contributed by atoms with Gasteiger partial charge in [-0.15, -0.1) is 0 Å². The number of amides is 1. The molecule has 1 aromatic heterocycles. The molecule has 0 spiro atoms. The fourth-order valence-electron chi connectivity index (χ4n) is 1.41. The molecule has 2 heterocycles. The fourth-order valence-corrected chi connectivity index (χ4v) is 2.46. The molecule has 0 atom stereocenters. The van der Waals surface area contributed by atoms with Crippen LogP contribution in [0.1, 0.15) is 10.5 Å². The second kappa shape index (κ2) is 4.48. The second-order valence-electron chi connectivity index (χ2n) is 3.23. The molecule has 0 radical (unpaired) electrons. The van der Waals surface area contributed by atoms with E-state index >= 15 is 0 Å². The van der Waals surface area contributed by atoms with Crippen molar-refractivity contribution in [3.05, 3.63) is 24.3 Å². The van der Waals surface area contributed by atoms with Crippen LogP contribution in [0.2, 0.25) is 0 Å². The summed E-state index contributed by atoms with van der Waals surface area (Å²) in [6.45, 7) is 1.09. The minimum atomic E-state index is -0.764. The maximum absolute atomic E-state index is 11.8. The highest BCUT2D eigenvalue weighted by atomic mass is 32.2. The van der Waals surface area contributed by atoms with Crippen molar-refractivity contribution in [1.29, 1.82) is 0 Å². The van der Waals surface area contributed by atoms with Crippen LogP contribution >= 0.6 is 0 Å². The highest BCUT2D eigenvalue weighted by molar-refractivity contribution is 7.85. The van der Waals surface area contributed by atoms with Gasteiger partial charge in [-0.25, -0.2) is 4.98 Å². The lowest BCUT2D eigenvalue weighted by molar-refractivity contribution is 0.0765. The van der Waals surface area contributed by atoms with Crippen LogP contribution in [0.5, 0.6) is 0 Å². The molecular weight excluding hydrogens is 214 g/mol. The van der Waals surface area contributed by atoms with E-state index in [1.165, 1.54) is 18.6 Å². The average Bonchev–Trinajstić information content (AvgIpc) is 2.30. The van der Waals surface area contributed by atoms with Gasteiger partial charge >= 0.3 is 0 Å². The molecular formula is C9H11N3O2S. The van der Waals surface area contributed by atoms with Gasteiger partial charge in [0.15, 0.2) is 0 Å². The van der Waals surface area contributed by atoms with Crippen molar-refractivity contribution in [2.75, 3.05) is 24.6 Å². The van der Waals surface area contributed by atoms with Gasteiger partial charge < -0.3 is 4.90 Å². The first-order chi connectivity index (χ1) is 7.27. The second-order valence-corrected chi connectivity index (χ2v) is 4.93. The molecule has 1 saturated heterocycles. The van der Waals surface area contributed by atoms with Gasteiger partial charge in [0.1, 0.15) is 5.69 Å². The lowest BCUT2D eigenvalue weighted by Crippen LogP contribution is -2.42. The molecule has 0 aliphatic carbocycles. The molecule has 1 fully saturated rings. The van der Waals surface area contributed by atoms with E-state index in [9.17, 15) is 9.00 Å². The maximum atomic E-state index is 11.8. The highest BCUT2D eigenvalue weighted by Crippen LogP contribution is 2.04. The molecule has 1 aliphatic heterocycles. The van der Waals surface area contributed by atoms with Crippen molar-refractivity contribution in [1.82, 2.24) is 14.9 Å². The van der Waals surface area contributed by atoms with Gasteiger partial charge in [-0.3, -0.25) is 14.0 Å². The Kier molecular flexibility index (Phi) is 3.05. The number of carbonyl (C=O) groups excluding carboxylic acids is 1. The molecule has 0 aromatic carbocycles. The van der Waals surface area contributed by atoms with E-state index < -0.39 is 10.8 Å². The van der Waals surface area contributed by atoms with Crippen molar-refractivity contribution >= 4 is 16.7 Å². The normalized spacial score (nSPS) is 17.7. The third kappa shape index (κ3) is 2.38. The first kappa shape index (κ1) is 10.2. The molecule has 1 amide bonds. The Balaban J connectivity index is 2.06. The predicted molar refractivity (Wildman–Crippen MR) is 55.8 cm³/mol. The predicted octanol–water partition coefficient (Wildman–Crippen LogP) is -0.319. The Morgan fingerprint density at radius 1 is 1.33 bits per heavy atom. The van der Waals surface area contributed by atoms with Crippen LogP contribution in [0.4, 0.5) is 0 Å². The summed E-state index contributed by atoms with van der Waals surface area (Å²) >= 11 is 0. The zero-order valence-corrected chi connectivity index (χ0v) is 8.94. The van der Waals surface area contributed by atoms with Crippen molar-refractivity contribution in [3.8, 4) is 0 Å². The number of hydrogen-bond acceptors (Lipinski definition) is 4. The van der Waals surface area contributed by atoms with Crippen LogP contribution in [0.25, 0.3) is 0 Å². The standard InChI is InChI=1S/C9H11N3O2S/c13-9(8-7-10-1-2-11-8)12-3-5-15(14)6-4-12/h1-2,7H,3-6H2. The summed E-state index contributed by atoms with van der Waals surface area (Å²) in [4.78, 5) is 21.3. The number of aromatic nitrogens is 2. The van der Waals surface area contributed by atoms with Gasteiger partial charge in [-0.05, 0) is 0 Å². The van der Waals surface area contributed by atoms with E-state index in [0.717, 1.165) is 0 Å². The Bertz CT molecular complexity index is 372. The summed E-state index contributed by atoms with van der Waals surface area (Å²) < 4.78 is 11.1. The van der Waals surface area contributed by atoms with E-state index in [-0.39, 0.29) is 5.91 Å². The van der Waals surface area contributed by atoms with Gasteiger partial charge in [0.2, 0.25) is 0 Å². The third-order valence-corrected chi connectivity index (χ3v) is 3.52. The van der Waals surface area contributed by atoms with Gasteiger partial charge in [0.05, 0.1) is 6.20 Å². The molecule has 0 saturated carbocycles. The maximum Gasteiger partial charge on any atom is 0.274 e. The zero-order chi connectivity index (χ0) is 10.7. The number of rotatable bonds is 1. The van der Waals surface area contributed by atoms with Crippen molar-refractivity contribution in [2.45, 2.75) is 0 Å². The van der Waals surface area contributed by atoms with Gasteiger partial charge in [0, 0.05) is 47.8 Å². The van der Waals surface area contributed by atoms with Crippen LogP contribution in [0, 0.1) is 0 Å².